The van der Waals surface area contributed by atoms with E-state index in [0.717, 1.165) is 4.88 Å². The molecule has 0 saturated carbocycles. The molecular weight excluding hydrogens is 350 g/mol. The first kappa shape index (κ1) is 19.6. The van der Waals surface area contributed by atoms with E-state index in [0.29, 0.717) is 11.3 Å². The van der Waals surface area contributed by atoms with E-state index >= 15 is 0 Å². The number of hydrogen-bond donors (Lipinski definition) is 1. The Morgan fingerprint density at radius 1 is 1.12 bits per heavy atom. The van der Waals surface area contributed by atoms with Crippen LogP contribution in [0.25, 0.3) is 6.08 Å². The van der Waals surface area contributed by atoms with E-state index in [-0.39, 0.29) is 18.3 Å². The minimum atomic E-state index is -0.569. The molecule has 0 spiro atoms. The molecule has 2 aromatic rings. The summed E-state index contributed by atoms with van der Waals surface area (Å²) in [4.78, 5) is 36.6. The maximum Gasteiger partial charge on any atom is 0.331 e. The zero-order chi connectivity index (χ0) is 19.2. The summed E-state index contributed by atoms with van der Waals surface area (Å²) < 4.78 is 4.96. The van der Waals surface area contributed by atoms with Gasteiger partial charge in [-0.25, -0.2) is 4.79 Å². The number of thiophene rings is 1. The second-order valence-electron chi connectivity index (χ2n) is 6.66. The average molecular weight is 371 g/mol. The first-order valence-corrected chi connectivity index (χ1v) is 8.97. The van der Waals surface area contributed by atoms with E-state index in [1.54, 1.807) is 30.3 Å². The van der Waals surface area contributed by atoms with Crippen LogP contribution in [0, 0.1) is 5.41 Å². The van der Waals surface area contributed by atoms with Crippen LogP contribution in [0.2, 0.25) is 0 Å². The van der Waals surface area contributed by atoms with Crippen LogP contribution in [0.15, 0.2) is 47.9 Å². The predicted octanol–water partition coefficient (Wildman–Crippen LogP) is 4.17. The van der Waals surface area contributed by atoms with Gasteiger partial charge >= 0.3 is 5.97 Å². The second-order valence-corrected chi connectivity index (χ2v) is 7.64. The van der Waals surface area contributed by atoms with Gasteiger partial charge in [-0.2, -0.15) is 0 Å². The molecule has 0 unspecified atom stereocenters. The van der Waals surface area contributed by atoms with Gasteiger partial charge in [0, 0.05) is 27.6 Å². The van der Waals surface area contributed by atoms with Crippen molar-refractivity contribution in [2.45, 2.75) is 20.8 Å². The lowest BCUT2D eigenvalue weighted by molar-refractivity contribution is -0.136. The highest BCUT2D eigenvalue weighted by molar-refractivity contribution is 7.10. The van der Waals surface area contributed by atoms with Crippen LogP contribution < -0.4 is 5.32 Å². The molecule has 26 heavy (non-hydrogen) atoms. The summed E-state index contributed by atoms with van der Waals surface area (Å²) in [6, 6.07) is 10.2. The number of ketones is 1. The number of Topliss-reactive ketones (excluding diaryl/α,β-unsaturated/α-hetero) is 1. The van der Waals surface area contributed by atoms with Gasteiger partial charge in [0.05, 0.1) is 0 Å². The summed E-state index contributed by atoms with van der Waals surface area (Å²) in [5.41, 5.74) is 0.519. The van der Waals surface area contributed by atoms with Gasteiger partial charge in [-0.3, -0.25) is 9.59 Å². The molecular formula is C20H21NO4S. The third-order valence-electron chi connectivity index (χ3n) is 3.42. The zero-order valence-corrected chi connectivity index (χ0v) is 15.8. The van der Waals surface area contributed by atoms with Crippen molar-refractivity contribution in [3.05, 3.63) is 58.3 Å². The Labute approximate surface area is 156 Å². The lowest BCUT2D eigenvalue weighted by Gasteiger charge is -2.17. The van der Waals surface area contributed by atoms with Crippen LogP contribution in [0.3, 0.4) is 0 Å². The fraction of sp³-hybridized carbons (Fsp3) is 0.250. The molecule has 6 heteroatoms. The Morgan fingerprint density at radius 3 is 2.38 bits per heavy atom. The number of benzene rings is 1. The Bertz CT molecular complexity index is 799. The zero-order valence-electron chi connectivity index (χ0n) is 14.9. The fourth-order valence-electron chi connectivity index (χ4n) is 1.86. The standard InChI is InChI=1S/C20H21NO4S/c1-20(2,3)19(24)21-15-8-6-14(7-9-15)17(22)13-25-18(23)11-10-16-5-4-12-26-16/h4-12H,13H2,1-3H3,(H,21,24)/b11-10+. The van der Waals surface area contributed by atoms with E-state index in [4.69, 9.17) is 4.74 Å². The van der Waals surface area contributed by atoms with Crippen LogP contribution >= 0.6 is 11.3 Å². The first-order chi connectivity index (χ1) is 12.3. The van der Waals surface area contributed by atoms with Gasteiger partial charge in [-0.1, -0.05) is 26.8 Å². The summed E-state index contributed by atoms with van der Waals surface area (Å²) in [5.74, 6) is -0.986. The largest absolute Gasteiger partial charge is 0.454 e. The number of ether oxygens (including phenoxy) is 1. The molecule has 0 saturated heterocycles. The van der Waals surface area contributed by atoms with Crippen molar-refractivity contribution in [1.29, 1.82) is 0 Å². The maximum absolute atomic E-state index is 12.1. The van der Waals surface area contributed by atoms with E-state index in [1.807, 2.05) is 38.3 Å². The topological polar surface area (TPSA) is 72.5 Å². The molecule has 0 aliphatic carbocycles. The Morgan fingerprint density at radius 2 is 1.81 bits per heavy atom. The number of anilines is 1. The molecule has 0 radical (unpaired) electrons. The number of carbonyl (C=O) groups excluding carboxylic acids is 3. The van der Waals surface area contributed by atoms with Crippen molar-refractivity contribution >= 4 is 40.8 Å². The number of rotatable bonds is 6. The average Bonchev–Trinajstić information content (AvgIpc) is 3.11. The third-order valence-corrected chi connectivity index (χ3v) is 4.26. The monoisotopic (exact) mass is 371 g/mol. The predicted molar refractivity (Wildman–Crippen MR) is 103 cm³/mol. The van der Waals surface area contributed by atoms with Gasteiger partial charge < -0.3 is 10.1 Å². The molecule has 0 bridgehead atoms. The van der Waals surface area contributed by atoms with Crippen LogP contribution in [-0.4, -0.2) is 24.3 Å². The summed E-state index contributed by atoms with van der Waals surface area (Å²) in [5, 5.41) is 4.69. The highest BCUT2D eigenvalue weighted by Crippen LogP contribution is 2.18. The molecule has 1 N–H and O–H groups in total. The molecule has 1 amide bonds. The van der Waals surface area contributed by atoms with Gasteiger partial charge in [0.15, 0.2) is 12.4 Å². The molecule has 1 aromatic heterocycles. The van der Waals surface area contributed by atoms with E-state index < -0.39 is 11.4 Å². The normalized spacial score (nSPS) is 11.3. The van der Waals surface area contributed by atoms with Crippen molar-refractivity contribution in [2.75, 3.05) is 11.9 Å². The fourth-order valence-corrected chi connectivity index (χ4v) is 2.48. The minimum absolute atomic E-state index is 0.108. The van der Waals surface area contributed by atoms with E-state index in [1.165, 1.54) is 17.4 Å². The first-order valence-electron chi connectivity index (χ1n) is 8.09. The summed E-state index contributed by atoms with van der Waals surface area (Å²) in [6.07, 6.45) is 2.94. The summed E-state index contributed by atoms with van der Waals surface area (Å²) >= 11 is 1.50. The molecule has 0 fully saturated rings. The van der Waals surface area contributed by atoms with E-state index in [2.05, 4.69) is 5.32 Å². The van der Waals surface area contributed by atoms with Gasteiger partial charge in [0.2, 0.25) is 5.91 Å². The van der Waals surface area contributed by atoms with Crippen molar-refractivity contribution in [3.8, 4) is 0 Å². The van der Waals surface area contributed by atoms with E-state index in [9.17, 15) is 14.4 Å². The Hall–Kier alpha value is -2.73. The van der Waals surface area contributed by atoms with Gasteiger partial charge in [-0.05, 0) is 41.8 Å². The number of carbonyl (C=O) groups is 3. The molecule has 0 atom stereocenters. The van der Waals surface area contributed by atoms with Crippen molar-refractivity contribution < 1.29 is 19.1 Å². The summed E-state index contributed by atoms with van der Waals surface area (Å²) in [7, 11) is 0. The SMILES string of the molecule is CC(C)(C)C(=O)Nc1ccc(C(=O)COC(=O)/C=C/c2cccs2)cc1. The molecule has 5 nitrogen and oxygen atoms in total. The molecule has 1 aromatic carbocycles. The number of amides is 1. The van der Waals surface area contributed by atoms with Gasteiger partial charge in [0.25, 0.3) is 0 Å². The maximum atomic E-state index is 12.1. The molecule has 0 aliphatic heterocycles. The van der Waals surface area contributed by atoms with Crippen LogP contribution in [0.4, 0.5) is 5.69 Å². The smallest absolute Gasteiger partial charge is 0.331 e. The van der Waals surface area contributed by atoms with Crippen LogP contribution in [0.1, 0.15) is 36.0 Å². The van der Waals surface area contributed by atoms with Crippen molar-refractivity contribution in [3.63, 3.8) is 0 Å². The Kier molecular flexibility index (Phi) is 6.46. The summed E-state index contributed by atoms with van der Waals surface area (Å²) in [6.45, 7) is 5.13. The quantitative estimate of drug-likeness (QED) is 0.470. The van der Waals surface area contributed by atoms with Crippen molar-refractivity contribution in [1.82, 2.24) is 0 Å². The molecule has 0 aliphatic rings. The lowest BCUT2D eigenvalue weighted by atomic mass is 9.95. The second kappa shape index (κ2) is 8.58. The molecule has 136 valence electrons. The third kappa shape index (κ3) is 5.97. The van der Waals surface area contributed by atoms with Gasteiger partial charge in [0.1, 0.15) is 0 Å². The van der Waals surface area contributed by atoms with Crippen LogP contribution in [-0.2, 0) is 14.3 Å². The van der Waals surface area contributed by atoms with Gasteiger partial charge in [-0.15, -0.1) is 11.3 Å². The number of hydrogen-bond acceptors (Lipinski definition) is 5. The van der Waals surface area contributed by atoms with Crippen molar-refractivity contribution in [2.24, 2.45) is 5.41 Å². The number of nitrogens with one attached hydrogen (secondary N) is 1. The van der Waals surface area contributed by atoms with Crippen LogP contribution in [0.5, 0.6) is 0 Å². The highest BCUT2D eigenvalue weighted by Gasteiger charge is 2.21. The lowest BCUT2D eigenvalue weighted by Crippen LogP contribution is -2.27. The minimum Gasteiger partial charge on any atom is -0.454 e. The number of esters is 1. The molecule has 1 heterocycles. The highest BCUT2D eigenvalue weighted by atomic mass is 32.1. The Balaban J connectivity index is 1.85. The molecule has 2 rings (SSSR count).